The summed E-state index contributed by atoms with van der Waals surface area (Å²) < 4.78 is 32.0. The second-order valence-electron chi connectivity index (χ2n) is 5.45. The maximum Gasteiger partial charge on any atom is 0.295 e. The highest BCUT2D eigenvalue weighted by Crippen LogP contribution is 2.24. The van der Waals surface area contributed by atoms with Crippen LogP contribution in [0.2, 0.25) is 0 Å². The van der Waals surface area contributed by atoms with E-state index < -0.39 is 10.1 Å². The quantitative estimate of drug-likeness (QED) is 0.489. The Bertz CT molecular complexity index is 761. The monoisotopic (exact) mass is 304 g/mol. The highest BCUT2D eigenvalue weighted by molar-refractivity contribution is 7.86. The Morgan fingerprint density at radius 2 is 1.95 bits per heavy atom. The minimum Gasteiger partial charge on any atom is -0.282 e. The number of allylic oxidation sites excluding steroid dienone is 1. The van der Waals surface area contributed by atoms with Crippen LogP contribution < -0.4 is 0 Å². The van der Waals surface area contributed by atoms with E-state index in [1.54, 1.807) is 12.1 Å². The molecule has 0 aliphatic rings. The molecule has 4 heteroatoms. The van der Waals surface area contributed by atoms with E-state index in [9.17, 15) is 13.0 Å². The summed E-state index contributed by atoms with van der Waals surface area (Å²) in [5, 5.41) is 1.40. The topological polar surface area (TPSA) is 54.4 Å². The second-order valence-corrected chi connectivity index (χ2v) is 6.84. The lowest BCUT2D eigenvalue weighted by atomic mass is 10.0. The molecule has 0 radical (unpaired) electrons. The summed E-state index contributed by atoms with van der Waals surface area (Å²) in [6.45, 7) is 5.93. The molecule has 0 bridgehead atoms. The van der Waals surface area contributed by atoms with E-state index in [0.29, 0.717) is 5.39 Å². The van der Waals surface area contributed by atoms with Crippen molar-refractivity contribution in [3.8, 4) is 0 Å². The third-order valence-corrected chi connectivity index (χ3v) is 4.41. The van der Waals surface area contributed by atoms with Gasteiger partial charge in [-0.1, -0.05) is 35.9 Å². The third-order valence-electron chi connectivity index (χ3n) is 3.50. The zero-order valence-electron chi connectivity index (χ0n) is 12.2. The fraction of sp³-hybridized carbons (Fsp3) is 0.294. The Labute approximate surface area is 126 Å². The molecule has 0 saturated heterocycles. The average Bonchev–Trinajstić information content (AvgIpc) is 2.41. The minimum atomic E-state index is -4.18. The first-order valence-electron chi connectivity index (χ1n) is 7.01. The number of benzene rings is 2. The Hall–Kier alpha value is -1.65. The molecule has 2 rings (SSSR count). The summed E-state index contributed by atoms with van der Waals surface area (Å²) in [5.74, 6) is 0. The molecule has 0 saturated carbocycles. The van der Waals surface area contributed by atoms with Gasteiger partial charge in [0.25, 0.3) is 10.1 Å². The summed E-state index contributed by atoms with van der Waals surface area (Å²) in [6.07, 6.45) is 4.19. The van der Waals surface area contributed by atoms with E-state index in [4.69, 9.17) is 0 Å². The molecule has 0 aliphatic carbocycles. The van der Waals surface area contributed by atoms with Gasteiger partial charge in [0.05, 0.1) is 0 Å². The van der Waals surface area contributed by atoms with Crippen molar-refractivity contribution in [3.63, 3.8) is 0 Å². The number of hydrogen-bond acceptors (Lipinski definition) is 2. The van der Waals surface area contributed by atoms with Crippen molar-refractivity contribution >= 4 is 20.9 Å². The van der Waals surface area contributed by atoms with Crippen LogP contribution in [-0.4, -0.2) is 13.0 Å². The zero-order valence-corrected chi connectivity index (χ0v) is 13.0. The van der Waals surface area contributed by atoms with E-state index in [1.165, 1.54) is 17.2 Å². The smallest absolute Gasteiger partial charge is 0.282 e. The largest absolute Gasteiger partial charge is 0.295 e. The predicted octanol–water partition coefficient (Wildman–Crippen LogP) is 4.38. The van der Waals surface area contributed by atoms with E-state index in [2.05, 4.69) is 6.58 Å². The molecule has 1 N–H and O–H groups in total. The fourth-order valence-electron chi connectivity index (χ4n) is 2.44. The van der Waals surface area contributed by atoms with Gasteiger partial charge in [-0.05, 0) is 49.6 Å². The Kier molecular flexibility index (Phi) is 4.80. The van der Waals surface area contributed by atoms with E-state index >= 15 is 0 Å². The lowest BCUT2D eigenvalue weighted by Gasteiger charge is -2.07. The summed E-state index contributed by atoms with van der Waals surface area (Å²) in [4.78, 5) is -0.0335. The maximum absolute atomic E-state index is 11.4. The Balaban J connectivity index is 2.21. The van der Waals surface area contributed by atoms with Crippen LogP contribution in [0.25, 0.3) is 10.8 Å². The number of fused-ring (bicyclic) bond motifs is 1. The van der Waals surface area contributed by atoms with Gasteiger partial charge in [0.2, 0.25) is 0 Å². The van der Waals surface area contributed by atoms with Crippen LogP contribution in [-0.2, 0) is 16.5 Å². The van der Waals surface area contributed by atoms with Crippen LogP contribution in [0.4, 0.5) is 0 Å². The standard InChI is InChI=1S/C17H20O3S/c1-13(2)6-3-4-7-14-10-11-16-15(12-14)8-5-9-17(16)21(18,19)20/h5,8-12H,1,3-4,6-7H2,2H3,(H,18,19,20). The first-order chi connectivity index (χ1) is 9.88. The van der Waals surface area contributed by atoms with Crippen LogP contribution in [0.3, 0.4) is 0 Å². The molecule has 0 aliphatic heterocycles. The molecule has 0 heterocycles. The van der Waals surface area contributed by atoms with E-state index in [1.807, 2.05) is 25.1 Å². The fourth-order valence-corrected chi connectivity index (χ4v) is 3.15. The molecule has 3 nitrogen and oxygen atoms in total. The Morgan fingerprint density at radius 1 is 1.19 bits per heavy atom. The SMILES string of the molecule is C=C(C)CCCCc1ccc2c(S(=O)(=O)O)cccc2c1. The van der Waals surface area contributed by atoms with Gasteiger partial charge < -0.3 is 0 Å². The highest BCUT2D eigenvalue weighted by Gasteiger charge is 2.13. The van der Waals surface area contributed by atoms with Gasteiger partial charge in [-0.25, -0.2) is 0 Å². The average molecular weight is 304 g/mol. The summed E-state index contributed by atoms with van der Waals surface area (Å²) in [7, 11) is -4.18. The molecule has 21 heavy (non-hydrogen) atoms. The second kappa shape index (κ2) is 6.41. The zero-order chi connectivity index (χ0) is 15.5. The Morgan fingerprint density at radius 3 is 2.62 bits per heavy atom. The summed E-state index contributed by atoms with van der Waals surface area (Å²) in [5.41, 5.74) is 2.38. The molecule has 0 atom stereocenters. The molecule has 0 spiro atoms. The molecule has 0 unspecified atom stereocenters. The van der Waals surface area contributed by atoms with Crippen LogP contribution in [0, 0.1) is 0 Å². The number of hydrogen-bond donors (Lipinski definition) is 1. The molecule has 0 fully saturated rings. The lowest BCUT2D eigenvalue weighted by molar-refractivity contribution is 0.484. The minimum absolute atomic E-state index is 0.0335. The highest BCUT2D eigenvalue weighted by atomic mass is 32.2. The van der Waals surface area contributed by atoms with Gasteiger partial charge in [0, 0.05) is 5.39 Å². The van der Waals surface area contributed by atoms with Crippen molar-refractivity contribution in [3.05, 3.63) is 54.1 Å². The maximum atomic E-state index is 11.4. The van der Waals surface area contributed by atoms with Crippen LogP contribution in [0.5, 0.6) is 0 Å². The van der Waals surface area contributed by atoms with Crippen molar-refractivity contribution in [2.75, 3.05) is 0 Å². The normalized spacial score (nSPS) is 11.7. The van der Waals surface area contributed by atoms with Crippen LogP contribution in [0.15, 0.2) is 53.4 Å². The third kappa shape index (κ3) is 4.16. The molecule has 0 aromatic heterocycles. The summed E-state index contributed by atoms with van der Waals surface area (Å²) >= 11 is 0. The van der Waals surface area contributed by atoms with Crippen molar-refractivity contribution in [2.24, 2.45) is 0 Å². The van der Waals surface area contributed by atoms with Gasteiger partial charge in [0.15, 0.2) is 0 Å². The van der Waals surface area contributed by atoms with Gasteiger partial charge in [-0.2, -0.15) is 8.42 Å². The van der Waals surface area contributed by atoms with Crippen molar-refractivity contribution in [1.29, 1.82) is 0 Å². The number of aryl methyl sites for hydroxylation is 1. The van der Waals surface area contributed by atoms with Gasteiger partial charge in [-0.15, -0.1) is 6.58 Å². The first-order valence-corrected chi connectivity index (χ1v) is 8.45. The van der Waals surface area contributed by atoms with Crippen LogP contribution >= 0.6 is 0 Å². The summed E-state index contributed by atoms with van der Waals surface area (Å²) in [6, 6.07) is 10.6. The number of rotatable bonds is 6. The van der Waals surface area contributed by atoms with Crippen molar-refractivity contribution in [2.45, 2.75) is 37.5 Å². The molecule has 0 amide bonds. The molecular formula is C17H20O3S. The lowest BCUT2D eigenvalue weighted by Crippen LogP contribution is -1.99. The van der Waals surface area contributed by atoms with E-state index in [-0.39, 0.29) is 4.90 Å². The first kappa shape index (κ1) is 15.7. The van der Waals surface area contributed by atoms with Gasteiger partial charge in [-0.3, -0.25) is 4.55 Å². The van der Waals surface area contributed by atoms with Crippen molar-refractivity contribution < 1.29 is 13.0 Å². The molecule has 112 valence electrons. The predicted molar refractivity (Wildman–Crippen MR) is 86.1 cm³/mol. The molecular weight excluding hydrogens is 284 g/mol. The molecule has 2 aromatic carbocycles. The van der Waals surface area contributed by atoms with Crippen LogP contribution in [0.1, 0.15) is 31.7 Å². The molecule has 2 aromatic rings. The van der Waals surface area contributed by atoms with Gasteiger partial charge in [0.1, 0.15) is 4.90 Å². The number of unbranched alkanes of at least 4 members (excludes halogenated alkanes) is 1. The van der Waals surface area contributed by atoms with E-state index in [0.717, 1.165) is 31.1 Å². The van der Waals surface area contributed by atoms with Gasteiger partial charge >= 0.3 is 0 Å². The van der Waals surface area contributed by atoms with Crippen molar-refractivity contribution in [1.82, 2.24) is 0 Å².